The van der Waals surface area contributed by atoms with Crippen molar-refractivity contribution >= 4 is 23.2 Å². The lowest BCUT2D eigenvalue weighted by atomic mass is 10.2. The van der Waals surface area contributed by atoms with Gasteiger partial charge in [-0.05, 0) is 48.0 Å². The number of hydrogen-bond acceptors (Lipinski definition) is 4. The van der Waals surface area contributed by atoms with Crippen LogP contribution in [0.5, 0.6) is 11.5 Å². The van der Waals surface area contributed by atoms with Crippen LogP contribution in [0.1, 0.15) is 11.1 Å². The molecule has 3 aromatic carbocycles. The molecule has 140 valence electrons. The van der Waals surface area contributed by atoms with Crippen LogP contribution in [0, 0.1) is 11.3 Å². The number of nitrogens with one attached hydrogen (secondary N) is 1. The average Bonchev–Trinajstić information content (AvgIpc) is 2.72. The Labute approximate surface area is 168 Å². The standard InChI is InChI=1S/C22H17ClN2O3/c23-21-12-18(7-6-17(21)13-24)25-22(26)15-28-20-10-8-19(9-11-20)27-14-16-4-2-1-3-5-16/h1-12H,14-15H2,(H,25,26). The van der Waals surface area contributed by atoms with Crippen molar-refractivity contribution < 1.29 is 14.3 Å². The van der Waals surface area contributed by atoms with Gasteiger partial charge in [0.1, 0.15) is 24.2 Å². The van der Waals surface area contributed by atoms with E-state index in [0.717, 1.165) is 5.56 Å². The van der Waals surface area contributed by atoms with Crippen LogP contribution in [0.4, 0.5) is 5.69 Å². The maximum Gasteiger partial charge on any atom is 0.262 e. The molecule has 3 aromatic rings. The van der Waals surface area contributed by atoms with Crippen LogP contribution in [0.3, 0.4) is 0 Å². The Hall–Kier alpha value is -3.49. The largest absolute Gasteiger partial charge is 0.489 e. The fourth-order valence-electron chi connectivity index (χ4n) is 2.40. The quantitative estimate of drug-likeness (QED) is 0.626. The Kier molecular flexibility index (Phi) is 6.50. The van der Waals surface area contributed by atoms with E-state index in [2.05, 4.69) is 5.32 Å². The number of halogens is 1. The number of anilines is 1. The van der Waals surface area contributed by atoms with Gasteiger partial charge in [0.2, 0.25) is 0 Å². The van der Waals surface area contributed by atoms with Gasteiger partial charge in [-0.1, -0.05) is 41.9 Å². The monoisotopic (exact) mass is 392 g/mol. The molecule has 1 amide bonds. The molecule has 0 aliphatic rings. The zero-order chi connectivity index (χ0) is 19.8. The van der Waals surface area contributed by atoms with Gasteiger partial charge in [0.05, 0.1) is 10.6 Å². The Morgan fingerprint density at radius 1 is 0.964 bits per heavy atom. The number of hydrogen-bond donors (Lipinski definition) is 1. The van der Waals surface area contributed by atoms with Gasteiger partial charge >= 0.3 is 0 Å². The highest BCUT2D eigenvalue weighted by molar-refractivity contribution is 6.32. The first-order valence-corrected chi connectivity index (χ1v) is 8.91. The third kappa shape index (κ3) is 5.50. The van der Waals surface area contributed by atoms with Gasteiger partial charge in [0.15, 0.2) is 6.61 Å². The molecule has 0 heterocycles. The number of amides is 1. The van der Waals surface area contributed by atoms with Crippen LogP contribution in [0.15, 0.2) is 72.8 Å². The lowest BCUT2D eigenvalue weighted by Crippen LogP contribution is -2.20. The van der Waals surface area contributed by atoms with Gasteiger partial charge in [-0.15, -0.1) is 0 Å². The van der Waals surface area contributed by atoms with Crippen LogP contribution in [-0.2, 0) is 11.4 Å². The molecule has 1 N–H and O–H groups in total. The molecule has 3 rings (SSSR count). The smallest absolute Gasteiger partial charge is 0.262 e. The molecule has 6 heteroatoms. The lowest BCUT2D eigenvalue weighted by Gasteiger charge is -2.10. The molecule has 0 radical (unpaired) electrons. The number of rotatable bonds is 7. The highest BCUT2D eigenvalue weighted by Gasteiger charge is 2.07. The van der Waals surface area contributed by atoms with Crippen molar-refractivity contribution in [1.29, 1.82) is 5.26 Å². The van der Waals surface area contributed by atoms with E-state index in [-0.39, 0.29) is 17.5 Å². The van der Waals surface area contributed by atoms with E-state index in [0.29, 0.717) is 29.4 Å². The molecule has 0 bridgehead atoms. The molecule has 0 saturated carbocycles. The van der Waals surface area contributed by atoms with Gasteiger partial charge in [0, 0.05) is 5.69 Å². The van der Waals surface area contributed by atoms with Crippen molar-refractivity contribution in [1.82, 2.24) is 0 Å². The van der Waals surface area contributed by atoms with Crippen LogP contribution >= 0.6 is 11.6 Å². The highest BCUT2D eigenvalue weighted by atomic mass is 35.5. The Morgan fingerprint density at radius 2 is 1.64 bits per heavy atom. The van der Waals surface area contributed by atoms with Gasteiger partial charge in [-0.3, -0.25) is 4.79 Å². The second kappa shape index (κ2) is 9.45. The van der Waals surface area contributed by atoms with E-state index in [9.17, 15) is 4.79 Å². The predicted molar refractivity (Wildman–Crippen MR) is 108 cm³/mol. The third-order valence-electron chi connectivity index (χ3n) is 3.82. The van der Waals surface area contributed by atoms with E-state index in [4.69, 9.17) is 26.3 Å². The second-order valence-electron chi connectivity index (χ2n) is 5.89. The summed E-state index contributed by atoms with van der Waals surface area (Å²) in [4.78, 5) is 12.0. The summed E-state index contributed by atoms with van der Waals surface area (Å²) in [6.45, 7) is 0.332. The Bertz CT molecular complexity index is 983. The molecule has 5 nitrogen and oxygen atoms in total. The summed E-state index contributed by atoms with van der Waals surface area (Å²) in [6.07, 6.45) is 0. The third-order valence-corrected chi connectivity index (χ3v) is 4.13. The minimum Gasteiger partial charge on any atom is -0.489 e. The minimum atomic E-state index is -0.329. The lowest BCUT2D eigenvalue weighted by molar-refractivity contribution is -0.118. The van der Waals surface area contributed by atoms with Gasteiger partial charge in [-0.2, -0.15) is 5.26 Å². The summed E-state index contributed by atoms with van der Waals surface area (Å²) in [5, 5.41) is 11.8. The minimum absolute atomic E-state index is 0.151. The normalized spacial score (nSPS) is 10.0. The highest BCUT2D eigenvalue weighted by Crippen LogP contribution is 2.21. The van der Waals surface area contributed by atoms with Crippen LogP contribution in [0.25, 0.3) is 0 Å². The summed E-state index contributed by atoms with van der Waals surface area (Å²) >= 11 is 5.95. The van der Waals surface area contributed by atoms with Crippen LogP contribution in [0.2, 0.25) is 5.02 Å². The molecule has 0 unspecified atom stereocenters. The van der Waals surface area contributed by atoms with Gasteiger partial charge in [-0.25, -0.2) is 0 Å². The first-order chi connectivity index (χ1) is 13.6. The molecule has 0 saturated heterocycles. The van der Waals surface area contributed by atoms with E-state index >= 15 is 0 Å². The summed E-state index contributed by atoms with van der Waals surface area (Å²) in [6, 6.07) is 23.6. The molecule has 0 aliphatic heterocycles. The van der Waals surface area contributed by atoms with Gasteiger partial charge in [0.25, 0.3) is 5.91 Å². The number of carbonyl (C=O) groups is 1. The number of carbonyl (C=O) groups excluding carboxylic acids is 1. The van der Waals surface area contributed by atoms with Crippen LogP contribution < -0.4 is 14.8 Å². The zero-order valence-corrected chi connectivity index (χ0v) is 15.6. The SMILES string of the molecule is N#Cc1ccc(NC(=O)COc2ccc(OCc3ccccc3)cc2)cc1Cl. The van der Waals surface area contributed by atoms with E-state index in [1.54, 1.807) is 36.4 Å². The molecule has 0 aliphatic carbocycles. The molecule has 0 fully saturated rings. The topological polar surface area (TPSA) is 71.4 Å². The first kappa shape index (κ1) is 19.3. The first-order valence-electron chi connectivity index (χ1n) is 8.53. The summed E-state index contributed by atoms with van der Waals surface area (Å²) in [5.41, 5.74) is 1.94. The van der Waals surface area contributed by atoms with Crippen molar-refractivity contribution in [2.75, 3.05) is 11.9 Å². The maximum atomic E-state index is 12.0. The van der Waals surface area contributed by atoms with E-state index in [1.807, 2.05) is 36.4 Å². The molecule has 0 spiro atoms. The molecule has 0 atom stereocenters. The number of ether oxygens (including phenoxy) is 2. The summed E-state index contributed by atoms with van der Waals surface area (Å²) < 4.78 is 11.2. The predicted octanol–water partition coefficient (Wildman–Crippen LogP) is 4.81. The Balaban J connectivity index is 1.47. The van der Waals surface area contributed by atoms with E-state index in [1.165, 1.54) is 6.07 Å². The number of benzene rings is 3. The molecular formula is C22H17ClN2O3. The molecule has 28 heavy (non-hydrogen) atoms. The van der Waals surface area contributed by atoms with E-state index < -0.39 is 0 Å². The van der Waals surface area contributed by atoms with Crippen molar-refractivity contribution in [3.05, 3.63) is 88.9 Å². The van der Waals surface area contributed by atoms with Crippen molar-refractivity contribution in [2.24, 2.45) is 0 Å². The fraction of sp³-hybridized carbons (Fsp3) is 0.0909. The fourth-order valence-corrected chi connectivity index (χ4v) is 2.63. The Morgan fingerprint density at radius 3 is 2.29 bits per heavy atom. The number of nitriles is 1. The number of nitrogens with zero attached hydrogens (tertiary/aromatic N) is 1. The summed E-state index contributed by atoms with van der Waals surface area (Å²) in [5.74, 6) is 0.943. The summed E-state index contributed by atoms with van der Waals surface area (Å²) in [7, 11) is 0. The van der Waals surface area contributed by atoms with Crippen molar-refractivity contribution in [3.63, 3.8) is 0 Å². The maximum absolute atomic E-state index is 12.0. The zero-order valence-electron chi connectivity index (χ0n) is 14.9. The van der Waals surface area contributed by atoms with Crippen LogP contribution in [-0.4, -0.2) is 12.5 Å². The molecular weight excluding hydrogens is 376 g/mol. The van der Waals surface area contributed by atoms with Crippen molar-refractivity contribution in [3.8, 4) is 17.6 Å². The van der Waals surface area contributed by atoms with Gasteiger partial charge < -0.3 is 14.8 Å². The van der Waals surface area contributed by atoms with Crippen molar-refractivity contribution in [2.45, 2.75) is 6.61 Å². The average molecular weight is 393 g/mol. The second-order valence-corrected chi connectivity index (χ2v) is 6.30. The molecule has 0 aromatic heterocycles.